The number of amides is 2. The van der Waals surface area contributed by atoms with Crippen molar-refractivity contribution >= 4 is 45.7 Å². The van der Waals surface area contributed by atoms with Crippen LogP contribution in [0, 0.1) is 2.88 Å². The second kappa shape index (κ2) is 5.45. The minimum absolute atomic E-state index is 0.201. The van der Waals surface area contributed by atoms with Gasteiger partial charge in [-0.05, 0) is 35.6 Å². The van der Waals surface area contributed by atoms with Crippen molar-refractivity contribution < 1.29 is 9.59 Å². The van der Waals surface area contributed by atoms with Crippen LogP contribution in [0.1, 0.15) is 17.3 Å². The van der Waals surface area contributed by atoms with Crippen LogP contribution >= 0.6 is 33.9 Å². The molecule has 6 heteroatoms. The molecule has 0 radical (unpaired) electrons. The van der Waals surface area contributed by atoms with Gasteiger partial charge in [0.25, 0.3) is 5.91 Å². The van der Waals surface area contributed by atoms with E-state index < -0.39 is 6.04 Å². The summed E-state index contributed by atoms with van der Waals surface area (Å²) in [5.41, 5.74) is 0.597. The third kappa shape index (κ3) is 3.45. The Bertz CT molecular complexity index is 378. The summed E-state index contributed by atoms with van der Waals surface area (Å²) in [7, 11) is 1.54. The van der Waals surface area contributed by atoms with Crippen molar-refractivity contribution in [2.24, 2.45) is 0 Å². The Morgan fingerprint density at radius 2 is 2.20 bits per heavy atom. The summed E-state index contributed by atoms with van der Waals surface area (Å²) in [5.74, 6) is -0.418. The molecule has 82 valence electrons. The second-order valence-electron chi connectivity index (χ2n) is 2.95. The molecule has 0 spiro atoms. The first kappa shape index (κ1) is 12.4. The normalized spacial score (nSPS) is 11.9. The van der Waals surface area contributed by atoms with Crippen LogP contribution < -0.4 is 10.6 Å². The average Bonchev–Trinajstić information content (AvgIpc) is 2.63. The molecule has 1 rings (SSSR count). The molecule has 0 fully saturated rings. The summed E-state index contributed by atoms with van der Waals surface area (Å²) in [6.07, 6.45) is 0. The van der Waals surface area contributed by atoms with Crippen molar-refractivity contribution in [3.63, 3.8) is 0 Å². The zero-order chi connectivity index (χ0) is 11.4. The maximum atomic E-state index is 11.6. The summed E-state index contributed by atoms with van der Waals surface area (Å²) in [5, 5.41) is 6.86. The van der Waals surface area contributed by atoms with Crippen molar-refractivity contribution in [1.29, 1.82) is 0 Å². The lowest BCUT2D eigenvalue weighted by Gasteiger charge is -2.11. The van der Waals surface area contributed by atoms with E-state index in [9.17, 15) is 9.59 Å². The summed E-state index contributed by atoms with van der Waals surface area (Å²) >= 11 is 3.65. The molecule has 0 saturated heterocycles. The molecular formula is C9H11IN2O2S. The first-order chi connectivity index (χ1) is 7.04. The molecule has 1 aromatic heterocycles. The lowest BCUT2D eigenvalue weighted by Crippen LogP contribution is -2.43. The van der Waals surface area contributed by atoms with Gasteiger partial charge in [-0.2, -0.15) is 0 Å². The van der Waals surface area contributed by atoms with Gasteiger partial charge in [-0.15, -0.1) is 11.3 Å². The number of likely N-dealkylation sites (N-methyl/N-ethyl adjacent to an activating group) is 1. The highest BCUT2D eigenvalue weighted by Crippen LogP contribution is 2.16. The van der Waals surface area contributed by atoms with E-state index >= 15 is 0 Å². The molecule has 0 aromatic carbocycles. The van der Waals surface area contributed by atoms with Gasteiger partial charge in [-0.3, -0.25) is 9.59 Å². The fraction of sp³-hybridized carbons (Fsp3) is 0.333. The highest BCUT2D eigenvalue weighted by atomic mass is 127. The van der Waals surface area contributed by atoms with Crippen molar-refractivity contribution in [2.75, 3.05) is 7.05 Å². The van der Waals surface area contributed by atoms with Gasteiger partial charge in [-0.1, -0.05) is 0 Å². The van der Waals surface area contributed by atoms with Crippen LogP contribution in [0.3, 0.4) is 0 Å². The fourth-order valence-corrected chi connectivity index (χ4v) is 2.32. The van der Waals surface area contributed by atoms with Gasteiger partial charge in [0, 0.05) is 12.4 Å². The van der Waals surface area contributed by atoms with Gasteiger partial charge in [-0.25, -0.2) is 0 Å². The Labute approximate surface area is 106 Å². The molecule has 1 aromatic rings. The predicted molar refractivity (Wildman–Crippen MR) is 68.0 cm³/mol. The van der Waals surface area contributed by atoms with E-state index in [2.05, 4.69) is 33.2 Å². The molecule has 1 atom stereocenters. The number of halogens is 1. The summed E-state index contributed by atoms with van der Waals surface area (Å²) in [6, 6.07) is 1.27. The van der Waals surface area contributed by atoms with Gasteiger partial charge in [0.15, 0.2) is 0 Å². The Morgan fingerprint density at radius 1 is 1.53 bits per heavy atom. The lowest BCUT2D eigenvalue weighted by atomic mass is 10.2. The quantitative estimate of drug-likeness (QED) is 0.815. The maximum absolute atomic E-state index is 11.6. The Hall–Kier alpha value is -0.630. The van der Waals surface area contributed by atoms with E-state index in [1.165, 1.54) is 11.3 Å². The molecule has 0 aliphatic rings. The zero-order valence-electron chi connectivity index (χ0n) is 8.33. The van der Waals surface area contributed by atoms with E-state index in [0.29, 0.717) is 5.56 Å². The van der Waals surface area contributed by atoms with Crippen molar-refractivity contribution in [1.82, 2.24) is 10.6 Å². The first-order valence-electron chi connectivity index (χ1n) is 4.31. The molecule has 2 amide bonds. The van der Waals surface area contributed by atoms with Gasteiger partial charge in [0.2, 0.25) is 5.91 Å². The highest BCUT2D eigenvalue weighted by molar-refractivity contribution is 14.1. The molecule has 4 nitrogen and oxygen atoms in total. The molecule has 0 aliphatic heterocycles. The van der Waals surface area contributed by atoms with Crippen molar-refractivity contribution in [3.8, 4) is 0 Å². The third-order valence-corrected chi connectivity index (χ3v) is 3.61. The van der Waals surface area contributed by atoms with E-state index in [-0.39, 0.29) is 11.8 Å². The number of rotatable bonds is 3. The predicted octanol–water partition coefficient (Wildman–Crippen LogP) is 1.22. The van der Waals surface area contributed by atoms with Crippen LogP contribution in [0.15, 0.2) is 11.4 Å². The average molecular weight is 338 g/mol. The molecule has 1 heterocycles. The minimum Gasteiger partial charge on any atom is -0.357 e. The van der Waals surface area contributed by atoms with Crippen LogP contribution in [-0.4, -0.2) is 24.9 Å². The maximum Gasteiger partial charge on any atom is 0.252 e. The SMILES string of the molecule is CNC(=O)C(C)NC(=O)c1csc(I)c1. The van der Waals surface area contributed by atoms with Crippen LogP contribution in [0.2, 0.25) is 0 Å². The number of nitrogens with one attached hydrogen (secondary N) is 2. The number of hydrogen-bond donors (Lipinski definition) is 2. The monoisotopic (exact) mass is 338 g/mol. The van der Waals surface area contributed by atoms with Gasteiger partial charge in [0.05, 0.1) is 8.45 Å². The molecule has 1 unspecified atom stereocenters. The van der Waals surface area contributed by atoms with Gasteiger partial charge in [0.1, 0.15) is 6.04 Å². The van der Waals surface area contributed by atoms with Crippen molar-refractivity contribution in [3.05, 3.63) is 19.9 Å². The smallest absolute Gasteiger partial charge is 0.252 e. The number of carbonyl (C=O) groups is 2. The second-order valence-corrected chi connectivity index (χ2v) is 5.75. The van der Waals surface area contributed by atoms with E-state index in [4.69, 9.17) is 0 Å². The van der Waals surface area contributed by atoms with Crippen molar-refractivity contribution in [2.45, 2.75) is 13.0 Å². The van der Waals surface area contributed by atoms with Crippen LogP contribution in [-0.2, 0) is 4.79 Å². The summed E-state index contributed by atoms with van der Waals surface area (Å²) in [6.45, 7) is 1.65. The Balaban J connectivity index is 2.60. The largest absolute Gasteiger partial charge is 0.357 e. The van der Waals surface area contributed by atoms with Gasteiger partial charge < -0.3 is 10.6 Å². The van der Waals surface area contributed by atoms with Crippen LogP contribution in [0.25, 0.3) is 0 Å². The third-order valence-electron chi connectivity index (χ3n) is 1.82. The molecule has 0 bridgehead atoms. The standard InChI is InChI=1S/C9H11IN2O2S/c1-5(8(13)11-2)12-9(14)6-3-7(10)15-4-6/h3-5H,1-2H3,(H,11,13)(H,12,14). The number of thiophene rings is 1. The Morgan fingerprint density at radius 3 is 2.67 bits per heavy atom. The Kier molecular flexibility index (Phi) is 4.52. The topological polar surface area (TPSA) is 58.2 Å². The van der Waals surface area contributed by atoms with E-state index in [0.717, 1.165) is 2.88 Å². The minimum atomic E-state index is -0.514. The van der Waals surface area contributed by atoms with E-state index in [1.54, 1.807) is 25.4 Å². The molecular weight excluding hydrogens is 327 g/mol. The molecule has 15 heavy (non-hydrogen) atoms. The first-order valence-corrected chi connectivity index (χ1v) is 6.27. The lowest BCUT2D eigenvalue weighted by molar-refractivity contribution is -0.122. The number of carbonyl (C=O) groups excluding carboxylic acids is 2. The fourth-order valence-electron chi connectivity index (χ4n) is 0.991. The number of hydrogen-bond acceptors (Lipinski definition) is 3. The van der Waals surface area contributed by atoms with Crippen LogP contribution in [0.5, 0.6) is 0 Å². The highest BCUT2D eigenvalue weighted by Gasteiger charge is 2.15. The molecule has 2 N–H and O–H groups in total. The summed E-state index contributed by atoms with van der Waals surface area (Å²) in [4.78, 5) is 22.8. The molecule has 0 aliphatic carbocycles. The van der Waals surface area contributed by atoms with E-state index in [1.807, 2.05) is 0 Å². The van der Waals surface area contributed by atoms with Gasteiger partial charge >= 0.3 is 0 Å². The summed E-state index contributed by atoms with van der Waals surface area (Å²) < 4.78 is 1.05. The molecule has 0 saturated carbocycles. The zero-order valence-corrected chi connectivity index (χ0v) is 11.3. The van der Waals surface area contributed by atoms with Crippen LogP contribution in [0.4, 0.5) is 0 Å².